The van der Waals surface area contributed by atoms with Gasteiger partial charge in [-0.3, -0.25) is 4.55 Å². The second-order valence-corrected chi connectivity index (χ2v) is 10.4. The first-order chi connectivity index (χ1) is 19.0. The molecule has 2 aromatic carbocycles. The van der Waals surface area contributed by atoms with Gasteiger partial charge in [0.2, 0.25) is 0 Å². The zero-order chi connectivity index (χ0) is 29.4. The summed E-state index contributed by atoms with van der Waals surface area (Å²) in [5.41, 5.74) is 1.70. The maximum atomic E-state index is 11.2. The molecule has 2 aromatic rings. The lowest BCUT2D eigenvalue weighted by Gasteiger charge is -2.22. The molecule has 0 amide bonds. The molecule has 0 saturated heterocycles. The lowest BCUT2D eigenvalue weighted by Crippen LogP contribution is -2.27. The molecular weight excluding hydrogens is 554 g/mol. The van der Waals surface area contributed by atoms with Gasteiger partial charge in [0, 0.05) is 24.2 Å². The summed E-state index contributed by atoms with van der Waals surface area (Å²) in [6.07, 6.45) is 6.51. The second-order valence-electron chi connectivity index (χ2n) is 8.41. The quantitative estimate of drug-likeness (QED) is 0.176. The fourth-order valence-corrected chi connectivity index (χ4v) is 4.73. The molecule has 1 aliphatic rings. The van der Waals surface area contributed by atoms with E-state index in [0.29, 0.717) is 16.4 Å². The number of nitriles is 2. The third-order valence-electron chi connectivity index (χ3n) is 5.88. The molecule has 40 heavy (non-hydrogen) atoms. The van der Waals surface area contributed by atoms with E-state index >= 15 is 0 Å². The molecule has 0 atom stereocenters. The van der Waals surface area contributed by atoms with Crippen LogP contribution in [0.1, 0.15) is 22.3 Å². The van der Waals surface area contributed by atoms with Crippen LogP contribution in [0.5, 0.6) is 0 Å². The van der Waals surface area contributed by atoms with Crippen LogP contribution in [0.4, 0.5) is 11.4 Å². The molecule has 0 bridgehead atoms. The van der Waals surface area contributed by atoms with E-state index in [1.165, 1.54) is 30.3 Å². The number of nitrogens with zero attached hydrogens (tertiary/aromatic N) is 5. The van der Waals surface area contributed by atoms with Crippen molar-refractivity contribution in [2.75, 3.05) is 29.1 Å². The Labute approximate surface area is 236 Å². The number of benzene rings is 2. The Hall–Kier alpha value is -4.86. The van der Waals surface area contributed by atoms with Gasteiger partial charge in [0.15, 0.2) is 0 Å². The fourth-order valence-electron chi connectivity index (χ4n) is 4.07. The molecule has 0 unspecified atom stereocenters. The molecule has 0 fully saturated rings. The third-order valence-corrected chi connectivity index (χ3v) is 6.92. The van der Waals surface area contributed by atoms with E-state index in [4.69, 9.17) is 27.8 Å². The molecule has 0 aliphatic carbocycles. The molecule has 0 aromatic heterocycles. The Morgan fingerprint density at radius 1 is 1.10 bits per heavy atom. The summed E-state index contributed by atoms with van der Waals surface area (Å²) in [7, 11) is -2.31. The van der Waals surface area contributed by atoms with E-state index in [1.54, 1.807) is 36.4 Å². The van der Waals surface area contributed by atoms with Crippen molar-refractivity contribution in [2.24, 2.45) is 0 Å². The molecule has 12 heteroatoms. The fraction of sp³-hybridized carbons (Fsp3) is 0.143. The number of fused-ring (bicyclic) bond motifs is 1. The number of hydrogen-bond donors (Lipinski definition) is 2. The summed E-state index contributed by atoms with van der Waals surface area (Å²) in [4.78, 5) is 18.2. The summed E-state index contributed by atoms with van der Waals surface area (Å²) < 4.78 is 31.6. The van der Waals surface area contributed by atoms with Crippen LogP contribution in [0.15, 0.2) is 83.9 Å². The summed E-state index contributed by atoms with van der Waals surface area (Å²) >= 11 is 6.19. The number of allylic oxidation sites excluding steroid dienone is 7. The molecule has 0 saturated carbocycles. The third kappa shape index (κ3) is 6.96. The van der Waals surface area contributed by atoms with Crippen LogP contribution in [-0.2, 0) is 10.1 Å². The first kappa shape index (κ1) is 29.7. The minimum absolute atomic E-state index is 0.0162. The van der Waals surface area contributed by atoms with E-state index in [2.05, 4.69) is 4.85 Å². The molecule has 1 aliphatic heterocycles. The van der Waals surface area contributed by atoms with Crippen molar-refractivity contribution in [3.05, 3.63) is 111 Å². The zero-order valence-corrected chi connectivity index (χ0v) is 22.7. The van der Waals surface area contributed by atoms with Crippen molar-refractivity contribution < 1.29 is 22.9 Å². The molecule has 202 valence electrons. The Balaban J connectivity index is 1.98. The number of carboxylic acids is 1. The van der Waals surface area contributed by atoms with Crippen molar-refractivity contribution >= 4 is 44.6 Å². The summed E-state index contributed by atoms with van der Waals surface area (Å²) in [6.45, 7) is 7.64. The monoisotopic (exact) mass is 575 g/mol. The van der Waals surface area contributed by atoms with Crippen LogP contribution >= 0.6 is 11.6 Å². The van der Waals surface area contributed by atoms with Gasteiger partial charge in [0.25, 0.3) is 15.8 Å². The van der Waals surface area contributed by atoms with Crippen LogP contribution in [0.3, 0.4) is 0 Å². The highest BCUT2D eigenvalue weighted by atomic mass is 35.5. The van der Waals surface area contributed by atoms with Crippen LogP contribution in [0, 0.1) is 29.2 Å². The van der Waals surface area contributed by atoms with E-state index in [0.717, 1.165) is 11.4 Å². The number of carbonyl (C=O) groups is 1. The van der Waals surface area contributed by atoms with Crippen LogP contribution in [0.25, 0.3) is 10.4 Å². The average molecular weight is 576 g/mol. The van der Waals surface area contributed by atoms with E-state index in [1.807, 2.05) is 29.0 Å². The van der Waals surface area contributed by atoms with E-state index in [9.17, 15) is 23.7 Å². The van der Waals surface area contributed by atoms with Crippen molar-refractivity contribution in [1.82, 2.24) is 0 Å². The predicted molar refractivity (Wildman–Crippen MR) is 152 cm³/mol. The van der Waals surface area contributed by atoms with Gasteiger partial charge in [-0.25, -0.2) is 14.9 Å². The average Bonchev–Trinajstić information content (AvgIpc) is 3.17. The maximum absolute atomic E-state index is 11.2. The Kier molecular flexibility index (Phi) is 9.50. The Morgan fingerprint density at radius 3 is 2.35 bits per heavy atom. The predicted octanol–water partition coefficient (Wildman–Crippen LogP) is 5.27. The second kappa shape index (κ2) is 12.8. The molecule has 1 heterocycles. The van der Waals surface area contributed by atoms with Gasteiger partial charge in [-0.15, -0.1) is 0 Å². The maximum Gasteiger partial charge on any atom is 0.335 e. The number of carboxylic acid groups (broad SMARTS) is 1. The van der Waals surface area contributed by atoms with Gasteiger partial charge in [0.1, 0.15) is 5.82 Å². The molecule has 0 spiro atoms. The van der Waals surface area contributed by atoms with Crippen molar-refractivity contribution in [3.8, 4) is 12.1 Å². The number of rotatable bonds is 9. The summed E-state index contributed by atoms with van der Waals surface area (Å²) in [5.74, 6) is -0.872. The number of aromatic carboxylic acids is 1. The lowest BCUT2D eigenvalue weighted by atomic mass is 9.95. The van der Waals surface area contributed by atoms with E-state index < -0.39 is 21.8 Å². The minimum Gasteiger partial charge on any atom is -0.478 e. The molecule has 2 N–H and O–H groups in total. The normalized spacial score (nSPS) is 14.9. The lowest BCUT2D eigenvalue weighted by molar-refractivity contribution is 0.0697. The van der Waals surface area contributed by atoms with E-state index in [-0.39, 0.29) is 35.4 Å². The first-order valence-corrected chi connectivity index (χ1v) is 13.6. The van der Waals surface area contributed by atoms with Crippen LogP contribution < -0.4 is 9.80 Å². The SMILES string of the molecule is [C-]#[N+]/C(C#N)=C(/C(C#N)=C/C=C/C=C1\N(C)c2ccc(Cl)cc2N1CCCS(=O)(=O)O)c1ccc(C(=O)O)cc1. The molecule has 0 radical (unpaired) electrons. The number of hydrogen-bond acceptors (Lipinski definition) is 7. The highest BCUT2D eigenvalue weighted by molar-refractivity contribution is 7.85. The van der Waals surface area contributed by atoms with Crippen LogP contribution in [-0.4, -0.2) is 43.4 Å². The molecular formula is C28H22ClN5O5S. The van der Waals surface area contributed by atoms with Crippen molar-refractivity contribution in [3.63, 3.8) is 0 Å². The summed E-state index contributed by atoms with van der Waals surface area (Å²) in [5, 5.41) is 29.0. The van der Waals surface area contributed by atoms with Gasteiger partial charge in [-0.05, 0) is 54.5 Å². The van der Waals surface area contributed by atoms with Gasteiger partial charge in [0.05, 0.1) is 47.0 Å². The minimum atomic E-state index is -4.13. The standard InChI is InChI=1S/C28H22ClN5O5S/c1-32-23(18-31)27(19-8-10-20(11-9-19)28(35)36)21(17-30)6-3-4-7-26-33(2)24-13-12-22(29)16-25(24)34(26)14-5-15-40(37,38)39/h3-4,6-13,16H,5,14-15H2,2H3,(H,35,36)(H,37,38,39)/b4-3+,21-6+,26-7+,27-23+. The van der Waals surface area contributed by atoms with Crippen molar-refractivity contribution in [1.29, 1.82) is 10.5 Å². The van der Waals surface area contributed by atoms with Crippen molar-refractivity contribution in [2.45, 2.75) is 6.42 Å². The molecule has 3 rings (SSSR count). The van der Waals surface area contributed by atoms with Crippen LogP contribution in [0.2, 0.25) is 5.02 Å². The molecule has 10 nitrogen and oxygen atoms in total. The first-order valence-electron chi connectivity index (χ1n) is 11.6. The number of halogens is 1. The highest BCUT2D eigenvalue weighted by Gasteiger charge is 2.28. The summed E-state index contributed by atoms with van der Waals surface area (Å²) in [6, 6.07) is 14.6. The van der Waals surface area contributed by atoms with Gasteiger partial charge < -0.3 is 14.9 Å². The van der Waals surface area contributed by atoms with Gasteiger partial charge in [-0.2, -0.15) is 13.7 Å². The van der Waals surface area contributed by atoms with Gasteiger partial charge in [-0.1, -0.05) is 35.9 Å². The highest BCUT2D eigenvalue weighted by Crippen LogP contribution is 2.42. The smallest absolute Gasteiger partial charge is 0.335 e. The number of anilines is 2. The Bertz CT molecular complexity index is 1670. The largest absolute Gasteiger partial charge is 0.478 e. The zero-order valence-electron chi connectivity index (χ0n) is 21.1. The van der Waals surface area contributed by atoms with Gasteiger partial charge >= 0.3 is 5.97 Å². The topological polar surface area (TPSA) is 150 Å². The Morgan fingerprint density at radius 2 is 1.77 bits per heavy atom.